The fraction of sp³-hybridized carbons (Fsp3) is 0.600. The Hall–Kier alpha value is -1.88. The molecule has 1 saturated carbocycles. The maximum atomic E-state index is 12.9. The molecule has 2 N–H and O–H groups in total. The van der Waals surface area contributed by atoms with E-state index in [0.29, 0.717) is 12.1 Å². The Balaban J connectivity index is 2.05. The van der Waals surface area contributed by atoms with E-state index in [1.54, 1.807) is 18.0 Å². The summed E-state index contributed by atoms with van der Waals surface area (Å²) in [5.41, 5.74) is 1.48. The van der Waals surface area contributed by atoms with Crippen LogP contribution in [0.4, 0.5) is 0 Å². The lowest BCUT2D eigenvalue weighted by atomic mass is 10.00. The molecule has 0 saturated heterocycles. The first-order chi connectivity index (χ1) is 11.8. The van der Waals surface area contributed by atoms with E-state index in [0.717, 1.165) is 24.8 Å². The first-order valence-electron chi connectivity index (χ1n) is 9.10. The largest absolute Gasteiger partial charge is 0.393 e. The number of hydrogen-bond donors (Lipinski definition) is 2. The van der Waals surface area contributed by atoms with Crippen LogP contribution in [-0.2, 0) is 4.79 Å². The summed E-state index contributed by atoms with van der Waals surface area (Å²) in [7, 11) is 1.75. The van der Waals surface area contributed by atoms with Crippen molar-refractivity contribution in [2.75, 3.05) is 13.6 Å². The van der Waals surface area contributed by atoms with Gasteiger partial charge < -0.3 is 15.3 Å². The standard InChI is InChI=1S/C20H30N2O3/c1-13(2)18(21-19(24)16-10-6-5-8-14(16)3)20(25)22(4)12-15-9-7-11-17(15)23/h5-6,8,10,13,15,17-18,23H,7,9,11-12H2,1-4H3,(H,21,24). The number of aliphatic hydroxyl groups is 1. The second-order valence-electron chi connectivity index (χ2n) is 7.49. The summed E-state index contributed by atoms with van der Waals surface area (Å²) in [5.74, 6) is -0.208. The quantitative estimate of drug-likeness (QED) is 0.831. The molecule has 5 heteroatoms. The SMILES string of the molecule is Cc1ccccc1C(=O)NC(C(=O)N(C)CC1CCCC1O)C(C)C. The van der Waals surface area contributed by atoms with E-state index in [4.69, 9.17) is 0 Å². The van der Waals surface area contributed by atoms with Gasteiger partial charge in [-0.15, -0.1) is 0 Å². The average molecular weight is 346 g/mol. The van der Waals surface area contributed by atoms with Crippen LogP contribution in [0.15, 0.2) is 24.3 Å². The van der Waals surface area contributed by atoms with Crippen LogP contribution in [0.25, 0.3) is 0 Å². The van der Waals surface area contributed by atoms with Gasteiger partial charge in [0, 0.05) is 25.1 Å². The summed E-state index contributed by atoms with van der Waals surface area (Å²) in [6, 6.07) is 6.79. The molecule has 0 spiro atoms. The number of benzene rings is 1. The highest BCUT2D eigenvalue weighted by Crippen LogP contribution is 2.26. The van der Waals surface area contributed by atoms with Gasteiger partial charge >= 0.3 is 0 Å². The maximum Gasteiger partial charge on any atom is 0.252 e. The summed E-state index contributed by atoms with van der Waals surface area (Å²) in [6.45, 7) is 6.27. The molecule has 0 aliphatic heterocycles. The van der Waals surface area contributed by atoms with Crippen LogP contribution in [0.3, 0.4) is 0 Å². The fourth-order valence-electron chi connectivity index (χ4n) is 3.47. The molecule has 0 bridgehead atoms. The van der Waals surface area contributed by atoms with E-state index < -0.39 is 6.04 Å². The first kappa shape index (κ1) is 19.4. The fourth-order valence-corrected chi connectivity index (χ4v) is 3.47. The maximum absolute atomic E-state index is 12.9. The van der Waals surface area contributed by atoms with Crippen molar-refractivity contribution in [3.8, 4) is 0 Å². The van der Waals surface area contributed by atoms with Gasteiger partial charge in [0.2, 0.25) is 5.91 Å². The molecule has 1 aliphatic rings. The summed E-state index contributed by atoms with van der Waals surface area (Å²) in [5, 5.41) is 12.9. The van der Waals surface area contributed by atoms with Gasteiger partial charge in [-0.1, -0.05) is 38.5 Å². The van der Waals surface area contributed by atoms with Gasteiger partial charge in [-0.05, 0) is 37.3 Å². The van der Waals surface area contributed by atoms with Gasteiger partial charge in [0.25, 0.3) is 5.91 Å². The highest BCUT2D eigenvalue weighted by Gasteiger charge is 2.32. The zero-order valence-electron chi connectivity index (χ0n) is 15.7. The third-order valence-electron chi connectivity index (χ3n) is 5.11. The van der Waals surface area contributed by atoms with E-state index in [-0.39, 0.29) is 29.8 Å². The molecule has 2 amide bonds. The summed E-state index contributed by atoms with van der Waals surface area (Å²) in [4.78, 5) is 27.1. The lowest BCUT2D eigenvalue weighted by molar-refractivity contribution is -0.133. The molecule has 1 fully saturated rings. The molecule has 25 heavy (non-hydrogen) atoms. The molecule has 5 nitrogen and oxygen atoms in total. The highest BCUT2D eigenvalue weighted by atomic mass is 16.3. The van der Waals surface area contributed by atoms with Crippen LogP contribution >= 0.6 is 0 Å². The predicted molar refractivity (Wildman–Crippen MR) is 98.3 cm³/mol. The van der Waals surface area contributed by atoms with E-state index in [1.807, 2.05) is 39.0 Å². The molecule has 1 aliphatic carbocycles. The van der Waals surface area contributed by atoms with Gasteiger partial charge in [-0.2, -0.15) is 0 Å². The van der Waals surface area contributed by atoms with Crippen molar-refractivity contribution >= 4 is 11.8 Å². The molecule has 138 valence electrons. The second kappa shape index (κ2) is 8.48. The number of carbonyl (C=O) groups is 2. The number of aliphatic hydroxyl groups excluding tert-OH is 1. The van der Waals surface area contributed by atoms with Crippen molar-refractivity contribution in [3.63, 3.8) is 0 Å². The lowest BCUT2D eigenvalue weighted by Crippen LogP contribution is -2.51. The molecular formula is C20H30N2O3. The van der Waals surface area contributed by atoms with E-state index >= 15 is 0 Å². The average Bonchev–Trinajstić information content (AvgIpc) is 2.96. The normalized spacial score (nSPS) is 21.2. The number of likely N-dealkylation sites (N-methyl/N-ethyl adjacent to an activating group) is 1. The minimum atomic E-state index is -0.573. The Labute approximate surface area is 150 Å². The third kappa shape index (κ3) is 4.82. The van der Waals surface area contributed by atoms with Gasteiger partial charge in [0.1, 0.15) is 6.04 Å². The van der Waals surface area contributed by atoms with E-state index in [2.05, 4.69) is 5.32 Å². The van der Waals surface area contributed by atoms with Crippen LogP contribution in [0.1, 0.15) is 49.0 Å². The zero-order chi connectivity index (χ0) is 18.6. The Morgan fingerprint density at radius 1 is 1.28 bits per heavy atom. The molecule has 3 unspecified atom stereocenters. The number of nitrogens with one attached hydrogen (secondary N) is 1. The topological polar surface area (TPSA) is 69.6 Å². The molecule has 3 atom stereocenters. The second-order valence-corrected chi connectivity index (χ2v) is 7.49. The van der Waals surface area contributed by atoms with Crippen LogP contribution < -0.4 is 5.32 Å². The number of nitrogens with zero attached hydrogens (tertiary/aromatic N) is 1. The zero-order valence-corrected chi connectivity index (χ0v) is 15.7. The van der Waals surface area contributed by atoms with Crippen molar-refractivity contribution in [1.29, 1.82) is 0 Å². The molecule has 0 aromatic heterocycles. The molecule has 0 radical (unpaired) electrons. The molecular weight excluding hydrogens is 316 g/mol. The van der Waals surface area contributed by atoms with Crippen molar-refractivity contribution in [3.05, 3.63) is 35.4 Å². The van der Waals surface area contributed by atoms with Crippen molar-refractivity contribution in [1.82, 2.24) is 10.2 Å². The van der Waals surface area contributed by atoms with Crippen LogP contribution in [0.5, 0.6) is 0 Å². The van der Waals surface area contributed by atoms with Crippen molar-refractivity contribution in [2.45, 2.75) is 52.2 Å². The number of amides is 2. The summed E-state index contributed by atoms with van der Waals surface area (Å²) >= 11 is 0. The van der Waals surface area contributed by atoms with Gasteiger partial charge in [-0.3, -0.25) is 9.59 Å². The van der Waals surface area contributed by atoms with E-state index in [9.17, 15) is 14.7 Å². The smallest absolute Gasteiger partial charge is 0.252 e. The van der Waals surface area contributed by atoms with Crippen LogP contribution in [0.2, 0.25) is 0 Å². The molecule has 1 aromatic rings. The minimum Gasteiger partial charge on any atom is -0.393 e. The molecule has 1 aromatic carbocycles. The number of rotatable bonds is 6. The summed E-state index contributed by atoms with van der Waals surface area (Å²) in [6.07, 6.45) is 2.44. The number of aryl methyl sites for hydroxylation is 1. The number of carbonyl (C=O) groups excluding carboxylic acids is 2. The Kier molecular flexibility index (Phi) is 6.59. The highest BCUT2D eigenvalue weighted by molar-refractivity contribution is 5.98. The number of hydrogen-bond acceptors (Lipinski definition) is 3. The monoisotopic (exact) mass is 346 g/mol. The van der Waals surface area contributed by atoms with E-state index in [1.165, 1.54) is 0 Å². The molecule has 2 rings (SSSR count). The van der Waals surface area contributed by atoms with Crippen LogP contribution in [0, 0.1) is 18.8 Å². The van der Waals surface area contributed by atoms with Gasteiger partial charge in [0.05, 0.1) is 6.10 Å². The van der Waals surface area contributed by atoms with Gasteiger partial charge in [0.15, 0.2) is 0 Å². The minimum absolute atomic E-state index is 0.0172. The molecule has 0 heterocycles. The van der Waals surface area contributed by atoms with Crippen molar-refractivity contribution in [2.24, 2.45) is 11.8 Å². The Bertz CT molecular complexity index is 615. The Morgan fingerprint density at radius 3 is 2.52 bits per heavy atom. The van der Waals surface area contributed by atoms with Gasteiger partial charge in [-0.25, -0.2) is 0 Å². The van der Waals surface area contributed by atoms with Crippen LogP contribution in [-0.4, -0.2) is 47.6 Å². The first-order valence-corrected chi connectivity index (χ1v) is 9.10. The van der Waals surface area contributed by atoms with Crippen molar-refractivity contribution < 1.29 is 14.7 Å². The Morgan fingerprint density at radius 2 is 1.96 bits per heavy atom. The third-order valence-corrected chi connectivity index (χ3v) is 5.11. The predicted octanol–water partition coefficient (Wildman–Crippen LogP) is 2.37. The summed E-state index contributed by atoms with van der Waals surface area (Å²) < 4.78 is 0. The lowest BCUT2D eigenvalue weighted by Gasteiger charge is -2.29.